The van der Waals surface area contributed by atoms with Crippen molar-refractivity contribution in [3.05, 3.63) is 28.2 Å². The lowest BCUT2D eigenvalue weighted by molar-refractivity contribution is -0.136. The molecule has 4 nitrogen and oxygen atoms in total. The van der Waals surface area contributed by atoms with Gasteiger partial charge in [-0.15, -0.1) is 0 Å². The summed E-state index contributed by atoms with van der Waals surface area (Å²) in [5, 5.41) is 0. The number of benzene rings is 1. The fourth-order valence-electron chi connectivity index (χ4n) is 2.66. The number of hydrogen-bond donors (Lipinski definition) is 0. The van der Waals surface area contributed by atoms with E-state index in [0.29, 0.717) is 5.75 Å². The summed E-state index contributed by atoms with van der Waals surface area (Å²) in [6.45, 7) is 7.84. The molecule has 1 aromatic carbocycles. The molecular formula is C17H25BrN2O2. The third kappa shape index (κ3) is 4.71. The fraction of sp³-hybridized carbons (Fsp3) is 0.588. The molecule has 122 valence electrons. The molecule has 1 fully saturated rings. The topological polar surface area (TPSA) is 32.8 Å². The Labute approximate surface area is 141 Å². The molecule has 0 N–H and O–H groups in total. The maximum absolute atomic E-state index is 12.4. The van der Waals surface area contributed by atoms with Crippen molar-refractivity contribution in [1.82, 2.24) is 9.80 Å². The molecule has 1 aromatic rings. The minimum atomic E-state index is -0.484. The monoisotopic (exact) mass is 368 g/mol. The molecule has 1 amide bonds. The van der Waals surface area contributed by atoms with Crippen molar-refractivity contribution < 1.29 is 9.53 Å². The normalized spacial score (nSPS) is 16.5. The highest BCUT2D eigenvalue weighted by atomic mass is 79.9. The molecule has 1 heterocycles. The second-order valence-electron chi connectivity index (χ2n) is 6.00. The van der Waals surface area contributed by atoms with Crippen LogP contribution in [0, 0.1) is 6.92 Å². The van der Waals surface area contributed by atoms with Crippen LogP contribution in [0.1, 0.15) is 25.3 Å². The van der Waals surface area contributed by atoms with Crippen molar-refractivity contribution in [3.63, 3.8) is 0 Å². The fourth-order valence-corrected chi connectivity index (χ4v) is 3.25. The Balaban J connectivity index is 1.84. The van der Waals surface area contributed by atoms with Crippen LogP contribution in [0.4, 0.5) is 0 Å². The molecule has 1 saturated heterocycles. The number of aryl methyl sites for hydroxylation is 1. The summed E-state index contributed by atoms with van der Waals surface area (Å²) >= 11 is 3.48. The third-order valence-electron chi connectivity index (χ3n) is 4.07. The Morgan fingerprint density at radius 1 is 1.41 bits per heavy atom. The molecule has 0 aliphatic carbocycles. The van der Waals surface area contributed by atoms with Gasteiger partial charge in [0.15, 0.2) is 6.10 Å². The smallest absolute Gasteiger partial charge is 0.263 e. The Kier molecular flexibility index (Phi) is 6.26. The SMILES string of the molecule is Cc1ccc(OC(C)C(=O)N(C)CCN2CCCC2)c(Br)c1. The Morgan fingerprint density at radius 2 is 2.09 bits per heavy atom. The summed E-state index contributed by atoms with van der Waals surface area (Å²) in [4.78, 5) is 16.6. The van der Waals surface area contributed by atoms with Crippen molar-refractivity contribution in [3.8, 4) is 5.75 Å². The number of rotatable bonds is 6. The van der Waals surface area contributed by atoms with Crippen LogP contribution in [0.15, 0.2) is 22.7 Å². The molecule has 1 aliphatic rings. The van der Waals surface area contributed by atoms with E-state index < -0.39 is 6.10 Å². The first kappa shape index (κ1) is 17.3. The van der Waals surface area contributed by atoms with Gasteiger partial charge in [-0.25, -0.2) is 0 Å². The van der Waals surface area contributed by atoms with Gasteiger partial charge in [0, 0.05) is 20.1 Å². The van der Waals surface area contributed by atoms with Crippen LogP contribution in [0.3, 0.4) is 0 Å². The molecule has 0 saturated carbocycles. The molecule has 0 aromatic heterocycles. The molecule has 2 rings (SSSR count). The standard InChI is InChI=1S/C17H25BrN2O2/c1-13-6-7-16(15(18)12-13)22-14(2)17(21)19(3)10-11-20-8-4-5-9-20/h6-7,12,14H,4-5,8-11H2,1-3H3. The number of likely N-dealkylation sites (N-methyl/N-ethyl adjacent to an activating group) is 1. The molecule has 22 heavy (non-hydrogen) atoms. The lowest BCUT2D eigenvalue weighted by Gasteiger charge is -2.24. The van der Waals surface area contributed by atoms with E-state index in [0.717, 1.165) is 36.2 Å². The van der Waals surface area contributed by atoms with Crippen LogP contribution in [0.25, 0.3) is 0 Å². The highest BCUT2D eigenvalue weighted by Crippen LogP contribution is 2.26. The van der Waals surface area contributed by atoms with Crippen LogP contribution in [-0.4, -0.2) is 55.0 Å². The first-order valence-electron chi connectivity index (χ1n) is 7.87. The molecule has 0 bridgehead atoms. The van der Waals surface area contributed by atoms with Crippen molar-refractivity contribution >= 4 is 21.8 Å². The lowest BCUT2D eigenvalue weighted by Crippen LogP contribution is -2.41. The number of nitrogens with zero attached hydrogens (tertiary/aromatic N) is 2. The Morgan fingerprint density at radius 3 is 2.73 bits per heavy atom. The average molecular weight is 369 g/mol. The number of amides is 1. The van der Waals surface area contributed by atoms with E-state index in [4.69, 9.17) is 4.74 Å². The zero-order chi connectivity index (χ0) is 16.1. The van der Waals surface area contributed by atoms with Crippen molar-refractivity contribution in [2.45, 2.75) is 32.8 Å². The molecule has 0 radical (unpaired) electrons. The van der Waals surface area contributed by atoms with E-state index >= 15 is 0 Å². The molecule has 1 atom stereocenters. The average Bonchev–Trinajstić information content (AvgIpc) is 3.00. The summed E-state index contributed by atoms with van der Waals surface area (Å²) in [6, 6.07) is 5.87. The summed E-state index contributed by atoms with van der Waals surface area (Å²) < 4.78 is 6.68. The quantitative estimate of drug-likeness (QED) is 0.773. The largest absolute Gasteiger partial charge is 0.480 e. The van der Waals surface area contributed by atoms with Gasteiger partial charge >= 0.3 is 0 Å². The molecule has 0 spiro atoms. The van der Waals surface area contributed by atoms with Crippen LogP contribution < -0.4 is 4.74 Å². The number of carbonyl (C=O) groups excluding carboxylic acids is 1. The lowest BCUT2D eigenvalue weighted by atomic mass is 10.2. The van der Waals surface area contributed by atoms with E-state index in [9.17, 15) is 4.79 Å². The van der Waals surface area contributed by atoms with Crippen LogP contribution in [-0.2, 0) is 4.79 Å². The van der Waals surface area contributed by atoms with E-state index in [-0.39, 0.29) is 5.91 Å². The van der Waals surface area contributed by atoms with Gasteiger partial charge < -0.3 is 14.5 Å². The number of carbonyl (C=O) groups is 1. The summed E-state index contributed by atoms with van der Waals surface area (Å²) in [7, 11) is 1.85. The minimum absolute atomic E-state index is 0.0201. The van der Waals surface area contributed by atoms with Crippen molar-refractivity contribution in [2.24, 2.45) is 0 Å². The van der Waals surface area contributed by atoms with Gasteiger partial charge in [-0.2, -0.15) is 0 Å². The predicted molar refractivity (Wildman–Crippen MR) is 92.3 cm³/mol. The highest BCUT2D eigenvalue weighted by molar-refractivity contribution is 9.10. The van der Waals surface area contributed by atoms with Gasteiger partial charge in [0.2, 0.25) is 0 Å². The van der Waals surface area contributed by atoms with Crippen LogP contribution in [0.5, 0.6) is 5.75 Å². The van der Waals surface area contributed by atoms with E-state index in [1.165, 1.54) is 12.8 Å². The second-order valence-corrected chi connectivity index (χ2v) is 6.86. The first-order chi connectivity index (χ1) is 10.5. The van der Waals surface area contributed by atoms with Gasteiger partial charge in [0.05, 0.1) is 4.47 Å². The number of ether oxygens (including phenoxy) is 1. The Hall–Kier alpha value is -1.07. The van der Waals surface area contributed by atoms with Gasteiger partial charge in [-0.1, -0.05) is 6.07 Å². The second kappa shape index (κ2) is 7.97. The predicted octanol–water partition coefficient (Wildman–Crippen LogP) is 3.08. The first-order valence-corrected chi connectivity index (χ1v) is 8.67. The third-order valence-corrected chi connectivity index (χ3v) is 4.69. The van der Waals surface area contributed by atoms with E-state index in [1.807, 2.05) is 32.2 Å². The number of likely N-dealkylation sites (tertiary alicyclic amines) is 1. The summed E-state index contributed by atoms with van der Waals surface area (Å²) in [5.41, 5.74) is 1.15. The van der Waals surface area contributed by atoms with Crippen molar-refractivity contribution in [1.29, 1.82) is 0 Å². The summed E-state index contributed by atoms with van der Waals surface area (Å²) in [6.07, 6.45) is 2.07. The molecule has 1 unspecified atom stereocenters. The summed E-state index contributed by atoms with van der Waals surface area (Å²) in [5.74, 6) is 0.728. The van der Waals surface area contributed by atoms with Gasteiger partial charge in [-0.05, 0) is 73.4 Å². The minimum Gasteiger partial charge on any atom is -0.480 e. The van der Waals surface area contributed by atoms with E-state index in [2.05, 4.69) is 20.8 Å². The zero-order valence-electron chi connectivity index (χ0n) is 13.6. The maximum atomic E-state index is 12.4. The van der Waals surface area contributed by atoms with Crippen LogP contribution >= 0.6 is 15.9 Å². The molecule has 5 heteroatoms. The Bertz CT molecular complexity index is 515. The van der Waals surface area contributed by atoms with E-state index in [1.54, 1.807) is 11.8 Å². The molecular weight excluding hydrogens is 344 g/mol. The van der Waals surface area contributed by atoms with Crippen LogP contribution in [0.2, 0.25) is 0 Å². The van der Waals surface area contributed by atoms with Gasteiger partial charge in [0.25, 0.3) is 5.91 Å². The number of halogens is 1. The van der Waals surface area contributed by atoms with Gasteiger partial charge in [-0.3, -0.25) is 4.79 Å². The maximum Gasteiger partial charge on any atom is 0.263 e. The number of hydrogen-bond acceptors (Lipinski definition) is 3. The van der Waals surface area contributed by atoms with Gasteiger partial charge in [0.1, 0.15) is 5.75 Å². The van der Waals surface area contributed by atoms with Crippen molar-refractivity contribution in [2.75, 3.05) is 33.2 Å². The molecule has 1 aliphatic heterocycles. The zero-order valence-corrected chi connectivity index (χ0v) is 15.2. The highest BCUT2D eigenvalue weighted by Gasteiger charge is 2.21.